The van der Waals surface area contributed by atoms with Crippen LogP contribution in [0.15, 0.2) is 18.2 Å². The first-order chi connectivity index (χ1) is 8.11. The van der Waals surface area contributed by atoms with E-state index in [2.05, 4.69) is 12.2 Å². The van der Waals surface area contributed by atoms with Gasteiger partial charge in [0.1, 0.15) is 11.6 Å². The monoisotopic (exact) mass is 241 g/mol. The summed E-state index contributed by atoms with van der Waals surface area (Å²) in [6.45, 7) is 6.86. The Bertz CT molecular complexity index is 332. The number of halogens is 2. The molecule has 0 saturated carbocycles. The maximum absolute atomic E-state index is 13.7. The molecule has 0 aliphatic carbocycles. The van der Waals surface area contributed by atoms with E-state index in [1.54, 1.807) is 0 Å². The van der Waals surface area contributed by atoms with E-state index in [0.717, 1.165) is 19.4 Å². The van der Waals surface area contributed by atoms with Crippen molar-refractivity contribution in [1.29, 1.82) is 0 Å². The van der Waals surface area contributed by atoms with E-state index in [9.17, 15) is 8.78 Å². The lowest BCUT2D eigenvalue weighted by Gasteiger charge is -2.25. The summed E-state index contributed by atoms with van der Waals surface area (Å²) in [5, 5.41) is 3.34. The number of rotatable bonds is 6. The van der Waals surface area contributed by atoms with E-state index in [0.29, 0.717) is 0 Å². The lowest BCUT2D eigenvalue weighted by molar-refractivity contribution is 0.413. The third-order valence-electron chi connectivity index (χ3n) is 3.15. The average molecular weight is 241 g/mol. The summed E-state index contributed by atoms with van der Waals surface area (Å²) in [5.41, 5.74) is 0.197. The molecule has 0 heterocycles. The fourth-order valence-electron chi connectivity index (χ4n) is 2.15. The first kappa shape index (κ1) is 14.1. The zero-order chi connectivity index (χ0) is 12.8. The van der Waals surface area contributed by atoms with Crippen LogP contribution in [-0.4, -0.2) is 12.6 Å². The van der Waals surface area contributed by atoms with Gasteiger partial charge in [-0.1, -0.05) is 26.8 Å². The molecule has 2 atom stereocenters. The van der Waals surface area contributed by atoms with Crippen LogP contribution in [-0.2, 0) is 0 Å². The van der Waals surface area contributed by atoms with Crippen LogP contribution < -0.4 is 5.32 Å². The second kappa shape index (κ2) is 6.70. The molecular weight excluding hydrogens is 220 g/mol. The van der Waals surface area contributed by atoms with Crippen molar-refractivity contribution in [3.63, 3.8) is 0 Å². The van der Waals surface area contributed by atoms with Gasteiger partial charge in [-0.25, -0.2) is 8.78 Å². The first-order valence-corrected chi connectivity index (χ1v) is 6.29. The highest BCUT2D eigenvalue weighted by Crippen LogP contribution is 2.26. The van der Waals surface area contributed by atoms with Crippen molar-refractivity contribution in [1.82, 2.24) is 5.32 Å². The molecule has 0 spiro atoms. The molecule has 0 radical (unpaired) electrons. The minimum absolute atomic E-state index is 0.112. The third kappa shape index (κ3) is 3.50. The van der Waals surface area contributed by atoms with E-state index in [-0.39, 0.29) is 17.5 Å². The Morgan fingerprint density at radius 1 is 1.18 bits per heavy atom. The van der Waals surface area contributed by atoms with Gasteiger partial charge in [0.2, 0.25) is 0 Å². The summed E-state index contributed by atoms with van der Waals surface area (Å²) in [6.07, 6.45) is 1.87. The fraction of sp³-hybridized carbons (Fsp3) is 0.571. The quantitative estimate of drug-likeness (QED) is 0.797. The van der Waals surface area contributed by atoms with Gasteiger partial charge in [-0.05, 0) is 31.5 Å². The Morgan fingerprint density at radius 3 is 2.24 bits per heavy atom. The van der Waals surface area contributed by atoms with Gasteiger partial charge in [-0.15, -0.1) is 0 Å². The summed E-state index contributed by atoms with van der Waals surface area (Å²) in [7, 11) is 0. The van der Waals surface area contributed by atoms with Crippen molar-refractivity contribution >= 4 is 0 Å². The molecule has 0 saturated heterocycles. The van der Waals surface area contributed by atoms with Crippen LogP contribution in [0, 0.1) is 11.6 Å². The topological polar surface area (TPSA) is 12.0 Å². The molecule has 0 aromatic heterocycles. The molecule has 0 aliphatic rings. The predicted molar refractivity (Wildman–Crippen MR) is 67.1 cm³/mol. The van der Waals surface area contributed by atoms with Crippen molar-refractivity contribution in [2.24, 2.45) is 0 Å². The maximum Gasteiger partial charge on any atom is 0.129 e. The summed E-state index contributed by atoms with van der Waals surface area (Å²) in [4.78, 5) is 0. The van der Waals surface area contributed by atoms with Gasteiger partial charge in [-0.3, -0.25) is 0 Å². The standard InChI is InChI=1S/C14H21F2N/c1-4-9-17-13(5-2)10(3)14-11(15)7-6-8-12(14)16/h6-8,10,13,17H,4-5,9H2,1-3H3. The Morgan fingerprint density at radius 2 is 1.76 bits per heavy atom. The minimum Gasteiger partial charge on any atom is -0.313 e. The summed E-state index contributed by atoms with van der Waals surface area (Å²) in [5.74, 6) is -1.06. The molecule has 2 unspecified atom stereocenters. The summed E-state index contributed by atoms with van der Waals surface area (Å²) in [6, 6.07) is 4.16. The number of hydrogen-bond acceptors (Lipinski definition) is 1. The highest BCUT2D eigenvalue weighted by molar-refractivity contribution is 5.24. The van der Waals surface area contributed by atoms with Crippen LogP contribution in [0.3, 0.4) is 0 Å². The molecule has 1 aromatic rings. The van der Waals surface area contributed by atoms with E-state index >= 15 is 0 Å². The Hall–Kier alpha value is -0.960. The SMILES string of the molecule is CCCNC(CC)C(C)c1c(F)cccc1F. The van der Waals surface area contributed by atoms with Gasteiger partial charge in [-0.2, -0.15) is 0 Å². The minimum atomic E-state index is -0.450. The Labute approximate surface area is 102 Å². The van der Waals surface area contributed by atoms with Gasteiger partial charge in [0.25, 0.3) is 0 Å². The third-order valence-corrected chi connectivity index (χ3v) is 3.15. The molecule has 3 heteroatoms. The van der Waals surface area contributed by atoms with Crippen LogP contribution in [0.4, 0.5) is 8.78 Å². The van der Waals surface area contributed by atoms with Crippen LogP contribution in [0.1, 0.15) is 45.1 Å². The molecule has 0 amide bonds. The van der Waals surface area contributed by atoms with Crippen LogP contribution in [0.5, 0.6) is 0 Å². The van der Waals surface area contributed by atoms with Crippen LogP contribution in [0.25, 0.3) is 0 Å². The van der Waals surface area contributed by atoms with Crippen molar-refractivity contribution in [3.8, 4) is 0 Å². The van der Waals surface area contributed by atoms with Crippen molar-refractivity contribution in [2.75, 3.05) is 6.54 Å². The highest BCUT2D eigenvalue weighted by Gasteiger charge is 2.22. The second-order valence-corrected chi connectivity index (χ2v) is 4.39. The number of hydrogen-bond donors (Lipinski definition) is 1. The Kier molecular flexibility index (Phi) is 5.56. The lowest BCUT2D eigenvalue weighted by Crippen LogP contribution is -2.34. The van der Waals surface area contributed by atoms with Crippen molar-refractivity contribution < 1.29 is 8.78 Å². The molecule has 0 aliphatic heterocycles. The summed E-state index contributed by atoms with van der Waals surface area (Å²) < 4.78 is 27.3. The molecule has 1 nitrogen and oxygen atoms in total. The van der Waals surface area contributed by atoms with Crippen LogP contribution >= 0.6 is 0 Å². The molecular formula is C14H21F2N. The Balaban J connectivity index is 2.89. The number of nitrogens with one attached hydrogen (secondary N) is 1. The summed E-state index contributed by atoms with van der Waals surface area (Å²) >= 11 is 0. The van der Waals surface area contributed by atoms with Gasteiger partial charge in [0, 0.05) is 17.5 Å². The van der Waals surface area contributed by atoms with Crippen molar-refractivity contribution in [3.05, 3.63) is 35.4 Å². The first-order valence-electron chi connectivity index (χ1n) is 6.29. The van der Waals surface area contributed by atoms with E-state index in [4.69, 9.17) is 0 Å². The van der Waals surface area contributed by atoms with Crippen molar-refractivity contribution in [2.45, 2.75) is 45.6 Å². The maximum atomic E-state index is 13.7. The highest BCUT2D eigenvalue weighted by atomic mass is 19.1. The molecule has 96 valence electrons. The fourth-order valence-corrected chi connectivity index (χ4v) is 2.15. The lowest BCUT2D eigenvalue weighted by atomic mass is 9.90. The van der Waals surface area contributed by atoms with Crippen LogP contribution in [0.2, 0.25) is 0 Å². The number of benzene rings is 1. The molecule has 0 bridgehead atoms. The van der Waals surface area contributed by atoms with Gasteiger partial charge >= 0.3 is 0 Å². The van der Waals surface area contributed by atoms with E-state index < -0.39 is 11.6 Å². The second-order valence-electron chi connectivity index (χ2n) is 4.39. The predicted octanol–water partition coefficient (Wildman–Crippen LogP) is 3.85. The molecule has 17 heavy (non-hydrogen) atoms. The molecule has 1 aromatic carbocycles. The van der Waals surface area contributed by atoms with E-state index in [1.807, 2.05) is 13.8 Å². The van der Waals surface area contributed by atoms with Gasteiger partial charge < -0.3 is 5.32 Å². The zero-order valence-electron chi connectivity index (χ0n) is 10.8. The smallest absolute Gasteiger partial charge is 0.129 e. The van der Waals surface area contributed by atoms with Gasteiger partial charge in [0.15, 0.2) is 0 Å². The normalized spacial score (nSPS) is 14.6. The molecule has 1 rings (SSSR count). The molecule has 0 fully saturated rings. The molecule has 1 N–H and O–H groups in total. The largest absolute Gasteiger partial charge is 0.313 e. The average Bonchev–Trinajstić information content (AvgIpc) is 2.30. The van der Waals surface area contributed by atoms with Gasteiger partial charge in [0.05, 0.1) is 0 Å². The van der Waals surface area contributed by atoms with E-state index in [1.165, 1.54) is 18.2 Å². The zero-order valence-corrected chi connectivity index (χ0v) is 10.8.